The Morgan fingerprint density at radius 2 is 1.09 bits per heavy atom. The van der Waals surface area contributed by atoms with Crippen molar-refractivity contribution in [2.45, 2.75) is 122 Å². The van der Waals surface area contributed by atoms with Gasteiger partial charge >= 0.3 is 11.9 Å². The zero-order chi connectivity index (χ0) is 24.4. The van der Waals surface area contributed by atoms with Gasteiger partial charge in [0.1, 0.15) is 0 Å². The van der Waals surface area contributed by atoms with E-state index in [-0.39, 0.29) is 12.3 Å². The lowest BCUT2D eigenvalue weighted by Gasteiger charge is -2.11. The predicted octanol–water partition coefficient (Wildman–Crippen LogP) is 8.93. The highest BCUT2D eigenvalue weighted by Crippen LogP contribution is 2.25. The molecule has 0 aliphatic carbocycles. The third-order valence-corrected chi connectivity index (χ3v) is 9.53. The Balaban J connectivity index is 3.29. The molecule has 0 aromatic rings. The van der Waals surface area contributed by atoms with Crippen LogP contribution in [0.15, 0.2) is 0 Å². The quantitative estimate of drug-likeness (QED) is 0.0823. The third kappa shape index (κ3) is 26.4. The van der Waals surface area contributed by atoms with E-state index in [9.17, 15) is 14.7 Å². The van der Waals surface area contributed by atoms with Crippen LogP contribution in [0.4, 0.5) is 0 Å². The molecule has 0 rings (SSSR count). The molecule has 0 aliphatic heterocycles. The van der Waals surface area contributed by atoms with Gasteiger partial charge in [-0.3, -0.25) is 9.59 Å². The highest BCUT2D eigenvalue weighted by molar-refractivity contribution is 8.76. The van der Waals surface area contributed by atoms with Gasteiger partial charge in [0.25, 0.3) is 0 Å². The average Bonchev–Trinajstić information content (AvgIpc) is 2.78. The fourth-order valence-corrected chi connectivity index (χ4v) is 7.06. The number of rotatable bonds is 27. The average molecular weight is 523 g/mol. The molecule has 4 nitrogen and oxygen atoms in total. The van der Waals surface area contributed by atoms with E-state index in [0.29, 0.717) is 17.9 Å². The van der Waals surface area contributed by atoms with Crippen LogP contribution in [-0.2, 0) is 9.59 Å². The summed E-state index contributed by atoms with van der Waals surface area (Å²) in [5.41, 5.74) is 0. The van der Waals surface area contributed by atoms with E-state index in [1.54, 1.807) is 0 Å². The highest BCUT2D eigenvalue weighted by Gasteiger charge is 2.16. The van der Waals surface area contributed by atoms with Crippen molar-refractivity contribution in [2.75, 3.05) is 23.0 Å². The fourth-order valence-electron chi connectivity index (χ4n) is 3.69. The summed E-state index contributed by atoms with van der Waals surface area (Å²) in [5, 5.41) is 17.9. The first-order valence-corrected chi connectivity index (χ1v) is 17.0. The standard InChI is InChI=1S/C26H50O4S3/c1-2-3-4-5-6-10-13-16-20-32-33-21-17-14-11-8-7-9-12-15-18-24(26(29)30)23-31-22-19-25(27)28/h24H,2-23H2,1H3,(H,27,28)(H,29,30). The number of hydrogen-bond donors (Lipinski definition) is 2. The molecule has 33 heavy (non-hydrogen) atoms. The zero-order valence-electron chi connectivity index (χ0n) is 21.1. The van der Waals surface area contributed by atoms with Crippen LogP contribution >= 0.6 is 33.3 Å². The molecule has 7 heteroatoms. The molecule has 0 aromatic heterocycles. The molecule has 0 spiro atoms. The SMILES string of the molecule is CCCCCCCCCCSSCCCCCCCCCCC(CSCCC(=O)O)C(=O)O. The molecule has 0 heterocycles. The van der Waals surface area contributed by atoms with Crippen LogP contribution in [-0.4, -0.2) is 45.2 Å². The van der Waals surface area contributed by atoms with E-state index < -0.39 is 11.9 Å². The molecular weight excluding hydrogens is 472 g/mol. The summed E-state index contributed by atoms with van der Waals surface area (Å²) in [6.07, 6.45) is 21.8. The van der Waals surface area contributed by atoms with E-state index in [1.165, 1.54) is 113 Å². The van der Waals surface area contributed by atoms with Gasteiger partial charge < -0.3 is 10.2 Å². The van der Waals surface area contributed by atoms with Crippen LogP contribution in [0, 0.1) is 5.92 Å². The van der Waals surface area contributed by atoms with Gasteiger partial charge in [0.05, 0.1) is 12.3 Å². The largest absolute Gasteiger partial charge is 0.481 e. The number of carboxylic acids is 2. The monoisotopic (exact) mass is 522 g/mol. The van der Waals surface area contributed by atoms with Gasteiger partial charge in [-0.2, -0.15) is 11.8 Å². The van der Waals surface area contributed by atoms with Gasteiger partial charge in [-0.05, 0) is 19.3 Å². The molecule has 0 aliphatic rings. The second-order valence-electron chi connectivity index (χ2n) is 8.99. The maximum absolute atomic E-state index is 11.3. The summed E-state index contributed by atoms with van der Waals surface area (Å²) in [4.78, 5) is 21.8. The Labute approximate surface area is 216 Å². The number of carboxylic acid groups (broad SMARTS) is 2. The summed E-state index contributed by atoms with van der Waals surface area (Å²) >= 11 is 1.44. The minimum absolute atomic E-state index is 0.105. The maximum atomic E-state index is 11.3. The molecule has 0 saturated carbocycles. The lowest BCUT2D eigenvalue weighted by Crippen LogP contribution is -2.16. The maximum Gasteiger partial charge on any atom is 0.307 e. The Hall–Kier alpha value is -0.0100. The van der Waals surface area contributed by atoms with E-state index in [4.69, 9.17) is 5.11 Å². The lowest BCUT2D eigenvalue weighted by molar-refractivity contribution is -0.141. The fraction of sp³-hybridized carbons (Fsp3) is 0.923. The molecule has 196 valence electrons. The Morgan fingerprint density at radius 1 is 0.636 bits per heavy atom. The van der Waals surface area contributed by atoms with Gasteiger partial charge in [0.15, 0.2) is 0 Å². The summed E-state index contributed by atoms with van der Waals surface area (Å²) in [7, 11) is 4.12. The van der Waals surface area contributed by atoms with Crippen molar-refractivity contribution in [3.8, 4) is 0 Å². The lowest BCUT2D eigenvalue weighted by atomic mass is 10.0. The molecule has 0 saturated heterocycles. The van der Waals surface area contributed by atoms with E-state index in [2.05, 4.69) is 28.5 Å². The molecule has 2 N–H and O–H groups in total. The topological polar surface area (TPSA) is 74.6 Å². The summed E-state index contributed by atoms with van der Waals surface area (Å²) in [6.45, 7) is 2.27. The summed E-state index contributed by atoms with van der Waals surface area (Å²) in [5.74, 6) is 1.71. The molecule has 1 atom stereocenters. The van der Waals surface area contributed by atoms with Crippen molar-refractivity contribution in [1.82, 2.24) is 0 Å². The van der Waals surface area contributed by atoms with Crippen LogP contribution in [0.5, 0.6) is 0 Å². The number of aliphatic carboxylic acids is 2. The molecule has 0 aromatic carbocycles. The van der Waals surface area contributed by atoms with E-state index in [0.717, 1.165) is 12.8 Å². The van der Waals surface area contributed by atoms with E-state index >= 15 is 0 Å². The second-order valence-corrected chi connectivity index (χ2v) is 12.8. The van der Waals surface area contributed by atoms with Crippen LogP contribution in [0.1, 0.15) is 122 Å². The van der Waals surface area contributed by atoms with Crippen molar-refractivity contribution < 1.29 is 19.8 Å². The first-order chi connectivity index (χ1) is 16.1. The molecule has 0 amide bonds. The molecule has 0 radical (unpaired) electrons. The van der Waals surface area contributed by atoms with Crippen LogP contribution in [0.2, 0.25) is 0 Å². The van der Waals surface area contributed by atoms with Crippen molar-refractivity contribution in [3.05, 3.63) is 0 Å². The smallest absolute Gasteiger partial charge is 0.307 e. The highest BCUT2D eigenvalue weighted by atomic mass is 33.1. The minimum Gasteiger partial charge on any atom is -0.481 e. The van der Waals surface area contributed by atoms with Gasteiger partial charge in [-0.15, -0.1) is 0 Å². The van der Waals surface area contributed by atoms with Crippen molar-refractivity contribution in [2.24, 2.45) is 5.92 Å². The first-order valence-electron chi connectivity index (χ1n) is 13.3. The summed E-state index contributed by atoms with van der Waals surface area (Å²) in [6, 6.07) is 0. The molecular formula is C26H50O4S3. The Kier molecular flexibility index (Phi) is 26.6. The van der Waals surface area contributed by atoms with Crippen LogP contribution in [0.3, 0.4) is 0 Å². The number of thioether (sulfide) groups is 1. The second kappa shape index (κ2) is 26.6. The number of hydrogen-bond acceptors (Lipinski definition) is 5. The van der Waals surface area contributed by atoms with Crippen molar-refractivity contribution in [1.29, 1.82) is 0 Å². The summed E-state index contributed by atoms with van der Waals surface area (Å²) < 4.78 is 0. The third-order valence-electron chi connectivity index (χ3n) is 5.82. The predicted molar refractivity (Wildman–Crippen MR) is 150 cm³/mol. The van der Waals surface area contributed by atoms with Gasteiger partial charge in [-0.25, -0.2) is 0 Å². The Bertz CT molecular complexity index is 449. The zero-order valence-corrected chi connectivity index (χ0v) is 23.5. The van der Waals surface area contributed by atoms with Crippen molar-refractivity contribution >= 4 is 45.3 Å². The molecule has 1 unspecified atom stereocenters. The van der Waals surface area contributed by atoms with Gasteiger partial charge in [-0.1, -0.05) is 118 Å². The van der Waals surface area contributed by atoms with Crippen LogP contribution < -0.4 is 0 Å². The normalized spacial score (nSPS) is 12.2. The van der Waals surface area contributed by atoms with E-state index in [1.807, 2.05) is 0 Å². The first kappa shape index (κ1) is 33.0. The minimum atomic E-state index is -0.818. The Morgan fingerprint density at radius 3 is 1.55 bits per heavy atom. The van der Waals surface area contributed by atoms with Crippen LogP contribution in [0.25, 0.3) is 0 Å². The van der Waals surface area contributed by atoms with Gasteiger partial charge in [0.2, 0.25) is 0 Å². The molecule has 0 bridgehead atoms. The van der Waals surface area contributed by atoms with Gasteiger partial charge in [0, 0.05) is 23.0 Å². The van der Waals surface area contributed by atoms with Crippen molar-refractivity contribution in [3.63, 3.8) is 0 Å². The number of unbranched alkanes of at least 4 members (excludes halogenated alkanes) is 14. The number of carbonyl (C=O) groups is 2. The molecule has 0 fully saturated rings.